The lowest BCUT2D eigenvalue weighted by Crippen LogP contribution is -2.60. The molecule has 5 N–H and O–H groups in total. The molecule has 3 unspecified atom stereocenters. The molecule has 6 heteroatoms. The second kappa shape index (κ2) is 4.33. The van der Waals surface area contributed by atoms with Gasteiger partial charge in [0.15, 0.2) is 0 Å². The van der Waals surface area contributed by atoms with Crippen molar-refractivity contribution < 1.29 is 19.4 Å². The Kier molecular flexibility index (Phi) is 3.57. The van der Waals surface area contributed by atoms with E-state index in [2.05, 4.69) is 0 Å². The van der Waals surface area contributed by atoms with Crippen molar-refractivity contribution in [2.24, 2.45) is 11.5 Å². The second-order valence-electron chi connectivity index (χ2n) is 3.42. The highest BCUT2D eigenvalue weighted by Gasteiger charge is 2.52. The van der Waals surface area contributed by atoms with E-state index in [0.717, 1.165) is 0 Å². The topological polar surface area (TPSA) is 108 Å². The lowest BCUT2D eigenvalue weighted by molar-refractivity contribution is -0.110. The van der Waals surface area contributed by atoms with Gasteiger partial charge in [-0.3, -0.25) is 0 Å². The molecule has 0 amide bonds. The number of aliphatic hydroxyl groups is 1. The van der Waals surface area contributed by atoms with Gasteiger partial charge in [-0.25, -0.2) is 0 Å². The maximum absolute atomic E-state index is 10.5. The summed E-state index contributed by atoms with van der Waals surface area (Å²) in [6, 6.07) is 0. The average molecular weight is 204 g/mol. The average Bonchev–Trinajstić information content (AvgIpc) is 2.39. The van der Waals surface area contributed by atoms with E-state index in [-0.39, 0.29) is 13.0 Å². The zero-order valence-corrected chi connectivity index (χ0v) is 8.05. The minimum atomic E-state index is -1.05. The third kappa shape index (κ3) is 1.67. The Morgan fingerprint density at radius 2 is 2.36 bits per heavy atom. The van der Waals surface area contributed by atoms with E-state index in [9.17, 15) is 4.79 Å². The van der Waals surface area contributed by atoms with Crippen LogP contribution < -0.4 is 11.5 Å². The number of ether oxygens (including phenoxy) is 2. The van der Waals surface area contributed by atoms with E-state index in [1.54, 1.807) is 0 Å². The van der Waals surface area contributed by atoms with E-state index in [4.69, 9.17) is 26.0 Å². The molecule has 0 bridgehead atoms. The molecule has 0 spiro atoms. The summed E-state index contributed by atoms with van der Waals surface area (Å²) >= 11 is 0. The van der Waals surface area contributed by atoms with Crippen LogP contribution in [0.1, 0.15) is 6.42 Å². The molecule has 82 valence electrons. The molecule has 0 saturated carbocycles. The molecule has 6 nitrogen and oxygen atoms in total. The van der Waals surface area contributed by atoms with Crippen LogP contribution in [0.25, 0.3) is 0 Å². The molecule has 1 aliphatic heterocycles. The summed E-state index contributed by atoms with van der Waals surface area (Å²) < 4.78 is 10.3. The number of hydrogen-bond donors (Lipinski definition) is 3. The SMILES string of the molecule is COC1[C@@H](CO)OC(N)C1(N)CC=O. The van der Waals surface area contributed by atoms with Crippen LogP contribution in [-0.4, -0.2) is 49.1 Å². The van der Waals surface area contributed by atoms with Gasteiger partial charge in [-0.05, 0) is 0 Å². The van der Waals surface area contributed by atoms with Crippen molar-refractivity contribution in [3.63, 3.8) is 0 Å². The van der Waals surface area contributed by atoms with Gasteiger partial charge in [0.1, 0.15) is 24.7 Å². The van der Waals surface area contributed by atoms with Gasteiger partial charge in [-0.15, -0.1) is 0 Å². The Bertz CT molecular complexity index is 214. The van der Waals surface area contributed by atoms with Crippen molar-refractivity contribution in [1.82, 2.24) is 0 Å². The lowest BCUT2D eigenvalue weighted by Gasteiger charge is -2.30. The molecule has 4 atom stereocenters. The van der Waals surface area contributed by atoms with Gasteiger partial charge in [0.2, 0.25) is 0 Å². The molecule has 1 fully saturated rings. The molecule has 1 heterocycles. The molecule has 0 aliphatic carbocycles. The molecule has 1 aliphatic rings. The van der Waals surface area contributed by atoms with Gasteiger partial charge < -0.3 is 30.8 Å². The Labute approximate surface area is 82.2 Å². The largest absolute Gasteiger partial charge is 0.394 e. The van der Waals surface area contributed by atoms with Crippen molar-refractivity contribution >= 4 is 6.29 Å². The normalized spacial score (nSPS) is 42.7. The number of methoxy groups -OCH3 is 1. The first-order chi connectivity index (χ1) is 6.60. The number of aliphatic hydroxyl groups excluding tert-OH is 1. The smallest absolute Gasteiger partial charge is 0.127 e. The van der Waals surface area contributed by atoms with Crippen molar-refractivity contribution in [1.29, 1.82) is 0 Å². The van der Waals surface area contributed by atoms with Crippen molar-refractivity contribution in [3.8, 4) is 0 Å². The Morgan fingerprint density at radius 1 is 1.71 bits per heavy atom. The Hall–Kier alpha value is -0.530. The summed E-state index contributed by atoms with van der Waals surface area (Å²) in [5, 5.41) is 8.98. The molecule has 0 aromatic heterocycles. The van der Waals surface area contributed by atoms with Crippen molar-refractivity contribution in [2.75, 3.05) is 13.7 Å². The van der Waals surface area contributed by atoms with Gasteiger partial charge in [-0.1, -0.05) is 0 Å². The van der Waals surface area contributed by atoms with E-state index >= 15 is 0 Å². The second-order valence-corrected chi connectivity index (χ2v) is 3.42. The molecule has 0 aromatic rings. The molecular weight excluding hydrogens is 188 g/mol. The van der Waals surface area contributed by atoms with Crippen molar-refractivity contribution in [3.05, 3.63) is 0 Å². The van der Waals surface area contributed by atoms with Crippen LogP contribution in [0.5, 0.6) is 0 Å². The summed E-state index contributed by atoms with van der Waals surface area (Å²) in [5.74, 6) is 0. The zero-order chi connectivity index (χ0) is 10.8. The van der Waals surface area contributed by atoms with Crippen molar-refractivity contribution in [2.45, 2.75) is 30.4 Å². The fourth-order valence-electron chi connectivity index (χ4n) is 1.78. The van der Waals surface area contributed by atoms with Crippen LogP contribution >= 0.6 is 0 Å². The molecular formula is C8H16N2O4. The molecule has 1 rings (SSSR count). The highest BCUT2D eigenvalue weighted by atomic mass is 16.6. The van der Waals surface area contributed by atoms with Gasteiger partial charge in [0.05, 0.1) is 12.1 Å². The van der Waals surface area contributed by atoms with Gasteiger partial charge in [-0.2, -0.15) is 0 Å². The summed E-state index contributed by atoms with van der Waals surface area (Å²) in [6.45, 7) is -0.232. The zero-order valence-electron chi connectivity index (χ0n) is 8.05. The Morgan fingerprint density at radius 3 is 2.79 bits per heavy atom. The fraction of sp³-hybridized carbons (Fsp3) is 0.875. The maximum Gasteiger partial charge on any atom is 0.127 e. The monoisotopic (exact) mass is 204 g/mol. The number of aldehydes is 1. The number of carbonyl (C=O) groups excluding carboxylic acids is 1. The number of rotatable bonds is 4. The van der Waals surface area contributed by atoms with Crippen LogP contribution in [0.3, 0.4) is 0 Å². The summed E-state index contributed by atoms with van der Waals surface area (Å²) in [6.07, 6.45) is -1.21. The standard InChI is InChI=1S/C8H16N2O4/c1-13-6-5(4-12)14-7(9)8(6,10)2-3-11/h3,5-7,12H,2,4,9-10H2,1H3/t5-,6?,7?,8?/m1/s1. The highest BCUT2D eigenvalue weighted by Crippen LogP contribution is 2.30. The van der Waals surface area contributed by atoms with E-state index in [1.807, 2.05) is 0 Å². The molecule has 14 heavy (non-hydrogen) atoms. The first-order valence-corrected chi connectivity index (χ1v) is 4.37. The predicted octanol–water partition coefficient (Wildman–Crippen LogP) is -2.04. The molecule has 0 aromatic carbocycles. The quantitative estimate of drug-likeness (QED) is 0.455. The highest BCUT2D eigenvalue weighted by molar-refractivity contribution is 5.52. The summed E-state index contributed by atoms with van der Waals surface area (Å²) in [7, 11) is 1.45. The van der Waals surface area contributed by atoms with Gasteiger partial charge >= 0.3 is 0 Å². The van der Waals surface area contributed by atoms with Crippen LogP contribution in [0.15, 0.2) is 0 Å². The van der Waals surface area contributed by atoms with Gasteiger partial charge in [0.25, 0.3) is 0 Å². The first-order valence-electron chi connectivity index (χ1n) is 4.37. The number of hydrogen-bond acceptors (Lipinski definition) is 6. The number of carbonyl (C=O) groups is 1. The molecule has 1 saturated heterocycles. The van der Waals surface area contributed by atoms with Gasteiger partial charge in [0, 0.05) is 13.5 Å². The van der Waals surface area contributed by atoms with E-state index in [0.29, 0.717) is 6.29 Å². The van der Waals surface area contributed by atoms with Crippen LogP contribution in [-0.2, 0) is 14.3 Å². The minimum absolute atomic E-state index is 0.0448. The van der Waals surface area contributed by atoms with Crippen LogP contribution in [0, 0.1) is 0 Å². The number of nitrogens with two attached hydrogens (primary N) is 2. The maximum atomic E-state index is 10.5. The van der Waals surface area contributed by atoms with Crippen LogP contribution in [0.2, 0.25) is 0 Å². The third-order valence-corrected chi connectivity index (χ3v) is 2.59. The minimum Gasteiger partial charge on any atom is -0.394 e. The molecule has 0 radical (unpaired) electrons. The summed E-state index contributed by atoms with van der Waals surface area (Å²) in [5.41, 5.74) is 10.5. The summed E-state index contributed by atoms with van der Waals surface area (Å²) in [4.78, 5) is 10.5. The van der Waals surface area contributed by atoms with E-state index < -0.39 is 24.0 Å². The fourth-order valence-corrected chi connectivity index (χ4v) is 1.78. The first kappa shape index (κ1) is 11.5. The predicted molar refractivity (Wildman–Crippen MR) is 48.3 cm³/mol. The Balaban J connectivity index is 2.85. The van der Waals surface area contributed by atoms with Crippen LogP contribution in [0.4, 0.5) is 0 Å². The lowest BCUT2D eigenvalue weighted by atomic mass is 9.88. The van der Waals surface area contributed by atoms with E-state index in [1.165, 1.54) is 7.11 Å². The third-order valence-electron chi connectivity index (χ3n) is 2.59.